The zero-order valence-corrected chi connectivity index (χ0v) is 17.2. The van der Waals surface area contributed by atoms with Gasteiger partial charge < -0.3 is 19.8 Å². The van der Waals surface area contributed by atoms with Crippen LogP contribution >= 0.6 is 0 Å². The lowest BCUT2D eigenvalue weighted by atomic mass is 10.00. The van der Waals surface area contributed by atoms with Crippen molar-refractivity contribution in [2.24, 2.45) is 0 Å². The van der Waals surface area contributed by atoms with Gasteiger partial charge in [0.2, 0.25) is 5.91 Å². The number of benzene rings is 2. The fourth-order valence-corrected chi connectivity index (χ4v) is 3.20. The molecule has 2 N–H and O–H groups in total. The second-order valence-electron chi connectivity index (χ2n) is 7.24. The molecule has 1 amide bonds. The monoisotopic (exact) mass is 394 g/mol. The molecule has 1 aromatic heterocycles. The van der Waals surface area contributed by atoms with Crippen LogP contribution < -0.4 is 20.3 Å². The highest BCUT2D eigenvalue weighted by atomic mass is 16.5. The van der Waals surface area contributed by atoms with E-state index < -0.39 is 0 Å². The smallest absolute Gasteiger partial charge is 0.251 e. The van der Waals surface area contributed by atoms with E-state index in [9.17, 15) is 9.59 Å². The van der Waals surface area contributed by atoms with Gasteiger partial charge in [-0.25, -0.2) is 0 Å². The van der Waals surface area contributed by atoms with Gasteiger partial charge in [-0.05, 0) is 53.6 Å². The topological polar surface area (TPSA) is 80.4 Å². The van der Waals surface area contributed by atoms with Crippen LogP contribution in [-0.2, 0) is 11.2 Å². The lowest BCUT2D eigenvalue weighted by Gasteiger charge is -2.11. The second-order valence-corrected chi connectivity index (χ2v) is 7.24. The van der Waals surface area contributed by atoms with Gasteiger partial charge in [0, 0.05) is 29.3 Å². The molecule has 6 nitrogen and oxygen atoms in total. The fraction of sp³-hybridized carbons (Fsp3) is 0.304. The first kappa shape index (κ1) is 20.5. The number of aromatic amines is 1. The van der Waals surface area contributed by atoms with Gasteiger partial charge in [-0.2, -0.15) is 0 Å². The van der Waals surface area contributed by atoms with Crippen LogP contribution in [0, 0.1) is 0 Å². The fourth-order valence-electron chi connectivity index (χ4n) is 3.20. The van der Waals surface area contributed by atoms with E-state index in [0.717, 1.165) is 10.9 Å². The van der Waals surface area contributed by atoms with Crippen LogP contribution in [0.1, 0.15) is 37.3 Å². The normalized spacial score (nSPS) is 10.9. The number of H-pyrrole nitrogens is 1. The van der Waals surface area contributed by atoms with Crippen molar-refractivity contribution in [1.29, 1.82) is 0 Å². The summed E-state index contributed by atoms with van der Waals surface area (Å²) >= 11 is 0. The number of rotatable bonds is 7. The molecule has 29 heavy (non-hydrogen) atoms. The molecular formula is C23H26N2O4. The SMILES string of the molecule is COc1ccc(NC(=O)CCc2cc3cc(C(C)C)ccc3[nH]c2=O)cc1OC. The molecule has 152 valence electrons. The van der Waals surface area contributed by atoms with Crippen molar-refractivity contribution in [3.8, 4) is 11.5 Å². The molecule has 0 unspecified atom stereocenters. The van der Waals surface area contributed by atoms with Crippen molar-refractivity contribution in [2.75, 3.05) is 19.5 Å². The Balaban J connectivity index is 1.72. The predicted octanol–water partition coefficient (Wildman–Crippen LogP) is 4.24. The van der Waals surface area contributed by atoms with E-state index >= 15 is 0 Å². The molecule has 0 fully saturated rings. The summed E-state index contributed by atoms with van der Waals surface area (Å²) in [5, 5.41) is 3.81. The Morgan fingerprint density at radius 1 is 1.03 bits per heavy atom. The van der Waals surface area contributed by atoms with E-state index in [1.165, 1.54) is 5.56 Å². The summed E-state index contributed by atoms with van der Waals surface area (Å²) in [6, 6.07) is 13.1. The molecule has 2 aromatic carbocycles. The number of fused-ring (bicyclic) bond motifs is 1. The van der Waals surface area contributed by atoms with Crippen molar-refractivity contribution in [3.63, 3.8) is 0 Å². The van der Waals surface area contributed by atoms with Gasteiger partial charge in [-0.1, -0.05) is 19.9 Å². The van der Waals surface area contributed by atoms with Crippen LogP contribution in [0.3, 0.4) is 0 Å². The quantitative estimate of drug-likeness (QED) is 0.628. The number of nitrogens with one attached hydrogen (secondary N) is 2. The first-order valence-electron chi connectivity index (χ1n) is 9.59. The second kappa shape index (κ2) is 8.82. The van der Waals surface area contributed by atoms with Crippen molar-refractivity contribution in [3.05, 3.63) is 63.9 Å². The Labute approximate surface area is 169 Å². The molecule has 0 bridgehead atoms. The minimum atomic E-state index is -0.173. The van der Waals surface area contributed by atoms with E-state index in [2.05, 4.69) is 30.2 Å². The highest BCUT2D eigenvalue weighted by Crippen LogP contribution is 2.29. The zero-order valence-electron chi connectivity index (χ0n) is 17.2. The third kappa shape index (κ3) is 4.77. The number of carbonyl (C=O) groups excluding carboxylic acids is 1. The average molecular weight is 394 g/mol. The maximum absolute atomic E-state index is 12.4. The van der Waals surface area contributed by atoms with Crippen molar-refractivity contribution in [1.82, 2.24) is 4.98 Å². The Morgan fingerprint density at radius 2 is 1.79 bits per heavy atom. The molecule has 0 aliphatic heterocycles. The molecule has 1 heterocycles. The Morgan fingerprint density at radius 3 is 2.48 bits per heavy atom. The number of hydrogen-bond donors (Lipinski definition) is 2. The number of anilines is 1. The molecule has 0 radical (unpaired) electrons. The number of ether oxygens (including phenoxy) is 2. The number of amides is 1. The first-order valence-corrected chi connectivity index (χ1v) is 9.59. The van der Waals surface area contributed by atoms with Gasteiger partial charge in [0.25, 0.3) is 5.56 Å². The number of aryl methyl sites for hydroxylation is 1. The summed E-state index contributed by atoms with van der Waals surface area (Å²) in [6.07, 6.45) is 0.559. The highest BCUT2D eigenvalue weighted by Gasteiger charge is 2.10. The molecule has 0 aliphatic carbocycles. The summed E-state index contributed by atoms with van der Waals surface area (Å²) in [7, 11) is 3.10. The molecule has 0 saturated carbocycles. The molecule has 6 heteroatoms. The van der Waals surface area contributed by atoms with Crippen LogP contribution in [-0.4, -0.2) is 25.1 Å². The van der Waals surface area contributed by atoms with E-state index in [4.69, 9.17) is 9.47 Å². The molecular weight excluding hydrogens is 368 g/mol. The summed E-state index contributed by atoms with van der Waals surface area (Å²) in [5.41, 5.74) is 3.07. The van der Waals surface area contributed by atoms with E-state index in [1.54, 1.807) is 32.4 Å². The average Bonchev–Trinajstić information content (AvgIpc) is 2.71. The standard InChI is InChI=1S/C23H26N2O4/c1-14(2)15-5-8-19-17(11-15)12-16(23(27)25-19)6-10-22(26)24-18-7-9-20(28-3)21(13-18)29-4/h5,7-9,11-14H,6,10H2,1-4H3,(H,24,26)(H,25,27). The largest absolute Gasteiger partial charge is 0.493 e. The molecule has 3 rings (SSSR count). The molecule has 0 spiro atoms. The van der Waals surface area contributed by atoms with E-state index in [-0.39, 0.29) is 17.9 Å². The van der Waals surface area contributed by atoms with Crippen LogP contribution in [0.25, 0.3) is 10.9 Å². The van der Waals surface area contributed by atoms with Gasteiger partial charge in [-0.15, -0.1) is 0 Å². The third-order valence-electron chi connectivity index (χ3n) is 4.90. The number of aromatic nitrogens is 1. The first-order chi connectivity index (χ1) is 13.9. The van der Waals surface area contributed by atoms with Gasteiger partial charge in [0.1, 0.15) is 0 Å². The summed E-state index contributed by atoms with van der Waals surface area (Å²) in [5.74, 6) is 1.36. The van der Waals surface area contributed by atoms with Gasteiger partial charge >= 0.3 is 0 Å². The van der Waals surface area contributed by atoms with E-state index in [0.29, 0.717) is 35.1 Å². The minimum absolute atomic E-state index is 0.159. The molecule has 0 saturated heterocycles. The Kier molecular flexibility index (Phi) is 6.22. The lowest BCUT2D eigenvalue weighted by Crippen LogP contribution is -2.17. The van der Waals surface area contributed by atoms with Crippen LogP contribution in [0.5, 0.6) is 11.5 Å². The molecule has 0 aliphatic rings. The minimum Gasteiger partial charge on any atom is -0.493 e. The van der Waals surface area contributed by atoms with Crippen molar-refractivity contribution in [2.45, 2.75) is 32.6 Å². The predicted molar refractivity (Wildman–Crippen MR) is 115 cm³/mol. The molecule has 3 aromatic rings. The summed E-state index contributed by atoms with van der Waals surface area (Å²) < 4.78 is 10.4. The van der Waals surface area contributed by atoms with Gasteiger partial charge in [0.15, 0.2) is 11.5 Å². The van der Waals surface area contributed by atoms with E-state index in [1.807, 2.05) is 18.2 Å². The van der Waals surface area contributed by atoms with Crippen LogP contribution in [0.4, 0.5) is 5.69 Å². The number of methoxy groups -OCH3 is 2. The lowest BCUT2D eigenvalue weighted by molar-refractivity contribution is -0.116. The summed E-state index contributed by atoms with van der Waals surface area (Å²) in [4.78, 5) is 27.6. The van der Waals surface area contributed by atoms with Crippen molar-refractivity contribution < 1.29 is 14.3 Å². The highest BCUT2D eigenvalue weighted by molar-refractivity contribution is 5.91. The molecule has 0 atom stereocenters. The number of hydrogen-bond acceptors (Lipinski definition) is 4. The summed E-state index contributed by atoms with van der Waals surface area (Å²) in [6.45, 7) is 4.26. The van der Waals surface area contributed by atoms with Crippen LogP contribution in [0.2, 0.25) is 0 Å². The zero-order chi connectivity index (χ0) is 21.0. The van der Waals surface area contributed by atoms with Crippen molar-refractivity contribution >= 4 is 22.5 Å². The Bertz CT molecular complexity index is 1090. The third-order valence-corrected chi connectivity index (χ3v) is 4.90. The number of pyridine rings is 1. The Hall–Kier alpha value is -3.28. The maximum Gasteiger partial charge on any atom is 0.251 e. The van der Waals surface area contributed by atoms with Gasteiger partial charge in [0.05, 0.1) is 14.2 Å². The van der Waals surface area contributed by atoms with Gasteiger partial charge in [-0.3, -0.25) is 9.59 Å². The number of carbonyl (C=O) groups is 1. The van der Waals surface area contributed by atoms with Crippen LogP contribution in [0.15, 0.2) is 47.3 Å². The maximum atomic E-state index is 12.4.